The molecule has 5 rings (SSSR count). The fraction of sp³-hybridized carbons (Fsp3) is 0.414. The normalized spacial score (nSPS) is 18.8. The van der Waals surface area contributed by atoms with Gasteiger partial charge in [0.2, 0.25) is 5.95 Å². The monoisotopic (exact) mass is 486 g/mol. The lowest BCUT2D eigenvalue weighted by Gasteiger charge is -2.38. The number of carbonyl (C=O) groups excluding carboxylic acids is 1. The zero-order chi connectivity index (χ0) is 25.7. The molecule has 7 nitrogen and oxygen atoms in total. The van der Waals surface area contributed by atoms with Crippen LogP contribution in [0.5, 0.6) is 11.5 Å². The Kier molecular flexibility index (Phi) is 5.89. The number of nitrogens with zero attached hydrogens (tertiary/aromatic N) is 3. The van der Waals surface area contributed by atoms with Gasteiger partial charge in [0, 0.05) is 17.7 Å². The first kappa shape index (κ1) is 24.1. The fourth-order valence-corrected chi connectivity index (χ4v) is 5.09. The van der Waals surface area contributed by atoms with Gasteiger partial charge in [0.1, 0.15) is 19.0 Å². The molecule has 1 unspecified atom stereocenters. The molecule has 0 saturated heterocycles. The summed E-state index contributed by atoms with van der Waals surface area (Å²) in [5, 5.41) is 7.79. The number of fused-ring (bicyclic) bond motifs is 1. The number of hydrogen-bond acceptors (Lipinski definition) is 6. The Morgan fingerprint density at radius 2 is 1.83 bits per heavy atom. The van der Waals surface area contributed by atoms with Crippen molar-refractivity contribution in [3.8, 4) is 11.5 Å². The smallest absolute Gasteiger partial charge is 0.226 e. The highest BCUT2D eigenvalue weighted by Crippen LogP contribution is 2.46. The summed E-state index contributed by atoms with van der Waals surface area (Å²) in [5.41, 5.74) is 4.98. The second kappa shape index (κ2) is 8.80. The van der Waals surface area contributed by atoms with Crippen LogP contribution in [0, 0.1) is 5.41 Å². The highest BCUT2D eigenvalue weighted by Gasteiger charge is 2.41. The van der Waals surface area contributed by atoms with E-state index in [1.165, 1.54) is 11.9 Å². The molecule has 0 radical (unpaired) electrons. The number of carbonyl (C=O) groups is 1. The predicted octanol–water partition coefficient (Wildman–Crippen LogP) is 5.82. The van der Waals surface area contributed by atoms with Gasteiger partial charge >= 0.3 is 0 Å². The topological polar surface area (TPSA) is 78.3 Å². The molecule has 2 aromatic carbocycles. The van der Waals surface area contributed by atoms with Crippen LogP contribution >= 0.6 is 0 Å². The van der Waals surface area contributed by atoms with Crippen molar-refractivity contribution in [1.82, 2.24) is 14.8 Å². The van der Waals surface area contributed by atoms with E-state index in [1.54, 1.807) is 11.8 Å². The van der Waals surface area contributed by atoms with E-state index in [1.807, 2.05) is 18.2 Å². The molecule has 3 aromatic rings. The molecule has 1 aromatic heterocycles. The minimum absolute atomic E-state index is 0.101. The summed E-state index contributed by atoms with van der Waals surface area (Å²) < 4.78 is 13.6. The Bertz CT molecular complexity index is 1330. The molecule has 1 aliphatic carbocycles. The Hall–Kier alpha value is -3.61. The molecule has 0 amide bonds. The van der Waals surface area contributed by atoms with Crippen molar-refractivity contribution in [2.45, 2.75) is 65.5 Å². The number of Topliss-reactive ketones (excluding diaryl/α,β-unsaturated/α-hetero) is 1. The number of allylic oxidation sites excluding steroid dienone is 2. The summed E-state index contributed by atoms with van der Waals surface area (Å²) in [6, 6.07) is 14.0. The predicted molar refractivity (Wildman–Crippen MR) is 139 cm³/mol. The highest BCUT2D eigenvalue weighted by molar-refractivity contribution is 6.00. The maximum Gasteiger partial charge on any atom is 0.226 e. The van der Waals surface area contributed by atoms with Gasteiger partial charge in [-0.1, -0.05) is 65.0 Å². The van der Waals surface area contributed by atoms with Crippen molar-refractivity contribution in [2.75, 3.05) is 12.4 Å². The van der Waals surface area contributed by atoms with Crippen molar-refractivity contribution in [1.29, 1.82) is 0 Å². The van der Waals surface area contributed by atoms with E-state index in [9.17, 15) is 4.79 Å². The first-order valence-corrected chi connectivity index (χ1v) is 12.4. The molecule has 2 heterocycles. The number of methoxy groups -OCH3 is 1. The standard InChI is InChI=1S/C29H34N4O3/c1-28(2,3)20-10-7-18(8-11-20)16-36-23-12-9-19(13-24(23)35-6)26-25-21(14-29(4,5)15-22(25)34)32-27-30-17-31-33(26)27/h7-13,17,26H,14-16H2,1-6H3,(H,30,31,32). The second-order valence-electron chi connectivity index (χ2n) is 11.5. The van der Waals surface area contributed by atoms with Gasteiger partial charge in [-0.3, -0.25) is 4.79 Å². The summed E-state index contributed by atoms with van der Waals surface area (Å²) in [7, 11) is 1.63. The molecule has 1 atom stereocenters. The Morgan fingerprint density at radius 1 is 1.08 bits per heavy atom. The number of rotatable bonds is 5. The third-order valence-corrected chi connectivity index (χ3v) is 6.99. The average molecular weight is 487 g/mol. The second-order valence-corrected chi connectivity index (χ2v) is 11.5. The number of aromatic nitrogens is 3. The highest BCUT2D eigenvalue weighted by atomic mass is 16.5. The first-order valence-electron chi connectivity index (χ1n) is 12.4. The van der Waals surface area contributed by atoms with Crippen LogP contribution in [0.15, 0.2) is 60.1 Å². The van der Waals surface area contributed by atoms with Gasteiger partial charge in [-0.25, -0.2) is 4.68 Å². The van der Waals surface area contributed by atoms with E-state index < -0.39 is 0 Å². The van der Waals surface area contributed by atoms with E-state index in [0.29, 0.717) is 30.5 Å². The Morgan fingerprint density at radius 3 is 2.53 bits per heavy atom. The summed E-state index contributed by atoms with van der Waals surface area (Å²) in [5.74, 6) is 2.05. The van der Waals surface area contributed by atoms with Crippen molar-refractivity contribution in [3.63, 3.8) is 0 Å². The van der Waals surface area contributed by atoms with Crippen LogP contribution in [-0.4, -0.2) is 27.7 Å². The SMILES string of the molecule is COc1cc(C2C3=C(CC(C)(C)CC3=O)Nc3ncnn32)ccc1OCc1ccc(C(C)(C)C)cc1. The Balaban J connectivity index is 1.44. The van der Waals surface area contributed by atoms with E-state index in [0.717, 1.165) is 28.8 Å². The molecule has 0 saturated carbocycles. The van der Waals surface area contributed by atoms with E-state index >= 15 is 0 Å². The maximum atomic E-state index is 13.3. The third-order valence-electron chi connectivity index (χ3n) is 6.99. The van der Waals surface area contributed by atoms with E-state index in [4.69, 9.17) is 9.47 Å². The van der Waals surface area contributed by atoms with Gasteiger partial charge < -0.3 is 14.8 Å². The molecule has 188 valence electrons. The number of nitrogens with one attached hydrogen (secondary N) is 1. The maximum absolute atomic E-state index is 13.3. The number of hydrogen-bond donors (Lipinski definition) is 1. The van der Waals surface area contributed by atoms with Gasteiger partial charge in [0.05, 0.1) is 7.11 Å². The average Bonchev–Trinajstić information content (AvgIpc) is 3.28. The molecule has 1 N–H and O–H groups in total. The number of benzene rings is 2. The summed E-state index contributed by atoms with van der Waals surface area (Å²) >= 11 is 0. The quantitative estimate of drug-likeness (QED) is 0.490. The minimum Gasteiger partial charge on any atom is -0.493 e. The molecule has 36 heavy (non-hydrogen) atoms. The van der Waals surface area contributed by atoms with Crippen molar-refractivity contribution < 1.29 is 14.3 Å². The number of ketones is 1. The van der Waals surface area contributed by atoms with Gasteiger partial charge in [-0.2, -0.15) is 10.1 Å². The minimum atomic E-state index is -0.366. The lowest BCUT2D eigenvalue weighted by atomic mass is 9.73. The van der Waals surface area contributed by atoms with Gasteiger partial charge in [0.25, 0.3) is 0 Å². The molecule has 0 spiro atoms. The molecule has 0 fully saturated rings. The zero-order valence-electron chi connectivity index (χ0n) is 21.9. The zero-order valence-corrected chi connectivity index (χ0v) is 21.9. The van der Waals surface area contributed by atoms with Crippen LogP contribution in [-0.2, 0) is 16.8 Å². The lowest BCUT2D eigenvalue weighted by molar-refractivity contribution is -0.118. The first-order chi connectivity index (χ1) is 17.1. The molecule has 0 bridgehead atoms. The molecule has 7 heteroatoms. The van der Waals surface area contributed by atoms with Crippen molar-refractivity contribution in [3.05, 3.63) is 76.8 Å². The summed E-state index contributed by atoms with van der Waals surface area (Å²) in [6.45, 7) is 11.3. The molecule has 2 aliphatic rings. The molecular weight excluding hydrogens is 452 g/mol. The number of ether oxygens (including phenoxy) is 2. The van der Waals surface area contributed by atoms with Gasteiger partial charge in [-0.15, -0.1) is 0 Å². The van der Waals surface area contributed by atoms with E-state index in [-0.39, 0.29) is 22.7 Å². The third kappa shape index (κ3) is 4.50. The van der Waals surface area contributed by atoms with Crippen LogP contribution in [0.2, 0.25) is 0 Å². The van der Waals surface area contributed by atoms with Crippen molar-refractivity contribution in [2.24, 2.45) is 5.41 Å². The van der Waals surface area contributed by atoms with Crippen LogP contribution in [0.1, 0.15) is 70.2 Å². The molecular formula is C29H34N4O3. The van der Waals surface area contributed by atoms with Gasteiger partial charge in [-0.05, 0) is 46.1 Å². The van der Waals surface area contributed by atoms with Crippen LogP contribution < -0.4 is 14.8 Å². The van der Waals surface area contributed by atoms with Crippen LogP contribution in [0.3, 0.4) is 0 Å². The van der Waals surface area contributed by atoms with Gasteiger partial charge in [0.15, 0.2) is 17.3 Å². The van der Waals surface area contributed by atoms with Crippen molar-refractivity contribution >= 4 is 11.7 Å². The van der Waals surface area contributed by atoms with Crippen LogP contribution in [0.25, 0.3) is 0 Å². The molecule has 1 aliphatic heterocycles. The summed E-state index contributed by atoms with van der Waals surface area (Å²) in [6.07, 6.45) is 2.80. The largest absolute Gasteiger partial charge is 0.493 e. The lowest BCUT2D eigenvalue weighted by Crippen LogP contribution is -2.36. The summed E-state index contributed by atoms with van der Waals surface area (Å²) in [4.78, 5) is 17.7. The Labute approximate surface area is 212 Å². The van der Waals surface area contributed by atoms with Crippen LogP contribution in [0.4, 0.5) is 5.95 Å². The fourth-order valence-electron chi connectivity index (χ4n) is 5.09. The number of anilines is 1. The van der Waals surface area contributed by atoms with E-state index in [2.05, 4.69) is 74.3 Å².